The molecular weight excluding hydrogens is 300 g/mol. The number of hydrogen-bond donors (Lipinski definition) is 0. The minimum Gasteiger partial charge on any atom is -0.495 e. The topological polar surface area (TPSA) is 32.8 Å². The molecular formula is C20H24N2O2. The van der Waals surface area contributed by atoms with E-state index in [4.69, 9.17) is 4.74 Å². The van der Waals surface area contributed by atoms with Gasteiger partial charge < -0.3 is 14.5 Å². The first-order valence-corrected chi connectivity index (χ1v) is 8.35. The Kier molecular flexibility index (Phi) is 4.74. The number of benzene rings is 2. The van der Waals surface area contributed by atoms with E-state index in [-0.39, 0.29) is 5.91 Å². The highest BCUT2D eigenvalue weighted by Crippen LogP contribution is 2.28. The largest absolute Gasteiger partial charge is 0.495 e. The van der Waals surface area contributed by atoms with Crippen LogP contribution in [0.1, 0.15) is 21.5 Å². The van der Waals surface area contributed by atoms with Gasteiger partial charge in [0.05, 0.1) is 12.8 Å². The molecule has 0 bridgehead atoms. The number of carbonyl (C=O) groups excluding carboxylic acids is 1. The van der Waals surface area contributed by atoms with Gasteiger partial charge in [-0.25, -0.2) is 0 Å². The normalized spacial score (nSPS) is 14.6. The molecule has 0 saturated carbocycles. The van der Waals surface area contributed by atoms with Gasteiger partial charge in [0.15, 0.2) is 0 Å². The van der Waals surface area contributed by atoms with Crippen LogP contribution < -0.4 is 9.64 Å². The zero-order valence-electron chi connectivity index (χ0n) is 14.6. The summed E-state index contributed by atoms with van der Waals surface area (Å²) < 4.78 is 5.45. The number of ether oxygens (including phenoxy) is 1. The van der Waals surface area contributed by atoms with Gasteiger partial charge in [0.1, 0.15) is 5.75 Å². The van der Waals surface area contributed by atoms with Crippen LogP contribution in [0.15, 0.2) is 42.5 Å². The molecule has 4 heteroatoms. The Morgan fingerprint density at radius 1 is 0.958 bits per heavy atom. The third-order valence-electron chi connectivity index (χ3n) is 4.83. The first-order valence-electron chi connectivity index (χ1n) is 8.35. The zero-order chi connectivity index (χ0) is 17.1. The standard InChI is InChI=1S/C20H24N2O2/c1-15-7-6-8-17(16(15)2)20(23)22-13-11-21(12-14-22)18-9-4-5-10-19(18)24-3/h4-10H,11-14H2,1-3H3. The molecule has 0 radical (unpaired) electrons. The lowest BCUT2D eigenvalue weighted by atomic mass is 10.0. The Labute approximate surface area is 143 Å². The van der Waals surface area contributed by atoms with E-state index in [9.17, 15) is 4.79 Å². The second-order valence-corrected chi connectivity index (χ2v) is 6.20. The molecule has 1 fully saturated rings. The van der Waals surface area contributed by atoms with Crippen LogP contribution in [0.5, 0.6) is 5.75 Å². The molecule has 1 amide bonds. The Bertz CT molecular complexity index is 734. The molecule has 0 N–H and O–H groups in total. The first kappa shape index (κ1) is 16.4. The predicted octanol–water partition coefficient (Wildman–Crippen LogP) is 3.27. The first-order chi connectivity index (χ1) is 11.6. The van der Waals surface area contributed by atoms with E-state index in [0.717, 1.165) is 54.3 Å². The number of para-hydroxylation sites is 2. The van der Waals surface area contributed by atoms with Crippen molar-refractivity contribution in [2.45, 2.75) is 13.8 Å². The summed E-state index contributed by atoms with van der Waals surface area (Å²) in [6.07, 6.45) is 0. The highest BCUT2D eigenvalue weighted by Gasteiger charge is 2.24. The van der Waals surface area contributed by atoms with Gasteiger partial charge in [-0.2, -0.15) is 0 Å². The molecule has 0 aromatic heterocycles. The monoisotopic (exact) mass is 324 g/mol. The van der Waals surface area contributed by atoms with Gasteiger partial charge in [0.25, 0.3) is 5.91 Å². The fourth-order valence-corrected chi connectivity index (χ4v) is 3.19. The van der Waals surface area contributed by atoms with E-state index in [1.54, 1.807) is 7.11 Å². The van der Waals surface area contributed by atoms with Crippen molar-refractivity contribution >= 4 is 11.6 Å². The molecule has 1 aliphatic heterocycles. The number of hydrogen-bond acceptors (Lipinski definition) is 3. The molecule has 0 unspecified atom stereocenters. The van der Waals surface area contributed by atoms with E-state index >= 15 is 0 Å². The molecule has 1 aliphatic rings. The predicted molar refractivity (Wildman–Crippen MR) is 97.0 cm³/mol. The highest BCUT2D eigenvalue weighted by atomic mass is 16.5. The van der Waals surface area contributed by atoms with E-state index in [1.165, 1.54) is 0 Å². The summed E-state index contributed by atoms with van der Waals surface area (Å²) in [5.74, 6) is 1.02. The molecule has 0 aliphatic carbocycles. The number of nitrogens with zero attached hydrogens (tertiary/aromatic N) is 2. The van der Waals surface area contributed by atoms with Gasteiger partial charge in [0, 0.05) is 31.7 Å². The van der Waals surface area contributed by atoms with Crippen molar-refractivity contribution < 1.29 is 9.53 Å². The van der Waals surface area contributed by atoms with Crippen LogP contribution in [-0.2, 0) is 0 Å². The molecule has 0 atom stereocenters. The van der Waals surface area contributed by atoms with Gasteiger partial charge in [0.2, 0.25) is 0 Å². The van der Waals surface area contributed by atoms with Crippen molar-refractivity contribution in [1.82, 2.24) is 4.90 Å². The van der Waals surface area contributed by atoms with Gasteiger partial charge in [-0.1, -0.05) is 24.3 Å². The second kappa shape index (κ2) is 6.95. The molecule has 4 nitrogen and oxygen atoms in total. The third-order valence-corrected chi connectivity index (χ3v) is 4.83. The molecule has 126 valence electrons. The molecule has 2 aromatic carbocycles. The van der Waals surface area contributed by atoms with Crippen LogP contribution in [0, 0.1) is 13.8 Å². The van der Waals surface area contributed by atoms with Crippen molar-refractivity contribution in [2.75, 3.05) is 38.2 Å². The average Bonchev–Trinajstić information content (AvgIpc) is 2.63. The van der Waals surface area contributed by atoms with Crippen molar-refractivity contribution in [3.8, 4) is 5.75 Å². The maximum absolute atomic E-state index is 12.8. The van der Waals surface area contributed by atoms with Gasteiger partial charge in [-0.3, -0.25) is 4.79 Å². The van der Waals surface area contributed by atoms with Crippen molar-refractivity contribution in [3.05, 3.63) is 59.2 Å². The summed E-state index contributed by atoms with van der Waals surface area (Å²) in [6.45, 7) is 7.15. The van der Waals surface area contributed by atoms with Gasteiger partial charge >= 0.3 is 0 Å². The third kappa shape index (κ3) is 3.09. The van der Waals surface area contributed by atoms with E-state index in [2.05, 4.69) is 11.0 Å². The summed E-state index contributed by atoms with van der Waals surface area (Å²) in [4.78, 5) is 17.1. The Morgan fingerprint density at radius 2 is 1.67 bits per heavy atom. The molecule has 1 heterocycles. The number of rotatable bonds is 3. The Hall–Kier alpha value is -2.49. The fraction of sp³-hybridized carbons (Fsp3) is 0.350. The zero-order valence-corrected chi connectivity index (χ0v) is 14.6. The van der Waals surface area contributed by atoms with Crippen molar-refractivity contribution in [2.24, 2.45) is 0 Å². The number of carbonyl (C=O) groups is 1. The minimum atomic E-state index is 0.135. The molecule has 2 aromatic rings. The van der Waals surface area contributed by atoms with Crippen LogP contribution in [-0.4, -0.2) is 44.1 Å². The lowest BCUT2D eigenvalue weighted by Gasteiger charge is -2.36. The maximum atomic E-state index is 12.8. The van der Waals surface area contributed by atoms with E-state index in [1.807, 2.05) is 55.1 Å². The summed E-state index contributed by atoms with van der Waals surface area (Å²) >= 11 is 0. The van der Waals surface area contributed by atoms with Crippen LogP contribution in [0.4, 0.5) is 5.69 Å². The maximum Gasteiger partial charge on any atom is 0.254 e. The summed E-state index contributed by atoms with van der Waals surface area (Å²) in [7, 11) is 1.69. The smallest absolute Gasteiger partial charge is 0.254 e. The number of piperazine rings is 1. The summed E-state index contributed by atoms with van der Waals surface area (Å²) in [5.41, 5.74) is 4.16. The Balaban J connectivity index is 1.71. The van der Waals surface area contributed by atoms with E-state index in [0.29, 0.717) is 0 Å². The van der Waals surface area contributed by atoms with Crippen LogP contribution >= 0.6 is 0 Å². The van der Waals surface area contributed by atoms with Gasteiger partial charge in [-0.15, -0.1) is 0 Å². The summed E-state index contributed by atoms with van der Waals surface area (Å²) in [6, 6.07) is 14.0. The van der Waals surface area contributed by atoms with Crippen molar-refractivity contribution in [3.63, 3.8) is 0 Å². The van der Waals surface area contributed by atoms with E-state index < -0.39 is 0 Å². The van der Waals surface area contributed by atoms with Crippen LogP contribution in [0.3, 0.4) is 0 Å². The van der Waals surface area contributed by atoms with Gasteiger partial charge in [-0.05, 0) is 43.2 Å². The minimum absolute atomic E-state index is 0.135. The van der Waals surface area contributed by atoms with Crippen LogP contribution in [0.2, 0.25) is 0 Å². The highest BCUT2D eigenvalue weighted by molar-refractivity contribution is 5.96. The fourth-order valence-electron chi connectivity index (χ4n) is 3.19. The number of amides is 1. The Morgan fingerprint density at radius 3 is 2.38 bits per heavy atom. The number of methoxy groups -OCH3 is 1. The lowest BCUT2D eigenvalue weighted by Crippen LogP contribution is -2.49. The lowest BCUT2D eigenvalue weighted by molar-refractivity contribution is 0.0746. The SMILES string of the molecule is COc1ccccc1N1CCN(C(=O)c2cccc(C)c2C)CC1. The molecule has 1 saturated heterocycles. The average molecular weight is 324 g/mol. The summed E-state index contributed by atoms with van der Waals surface area (Å²) in [5, 5.41) is 0. The van der Waals surface area contributed by atoms with Crippen molar-refractivity contribution in [1.29, 1.82) is 0 Å². The molecule has 24 heavy (non-hydrogen) atoms. The molecule has 0 spiro atoms. The quantitative estimate of drug-likeness (QED) is 0.869. The number of anilines is 1. The second-order valence-electron chi connectivity index (χ2n) is 6.20. The van der Waals surface area contributed by atoms with Crippen LogP contribution in [0.25, 0.3) is 0 Å². The number of aryl methyl sites for hydroxylation is 1. The molecule has 3 rings (SSSR count).